The van der Waals surface area contributed by atoms with Crippen LogP contribution in [0.5, 0.6) is 5.75 Å². The highest BCUT2D eigenvalue weighted by atomic mass is 16.5. The molecule has 0 unspecified atom stereocenters. The summed E-state index contributed by atoms with van der Waals surface area (Å²) in [6.07, 6.45) is 0.888. The lowest BCUT2D eigenvalue weighted by molar-refractivity contribution is 0.0450. The minimum absolute atomic E-state index is 0.00332. The predicted octanol–water partition coefficient (Wildman–Crippen LogP) is 2.19. The van der Waals surface area contributed by atoms with Crippen LogP contribution in [-0.4, -0.2) is 79.5 Å². The van der Waals surface area contributed by atoms with Crippen LogP contribution < -0.4 is 0 Å². The van der Waals surface area contributed by atoms with Gasteiger partial charge < -0.3 is 24.7 Å². The fourth-order valence-electron chi connectivity index (χ4n) is 4.17. The average molecular weight is 386 g/mol. The number of phenolic OH excluding ortho intramolecular Hbond substituents is 1. The van der Waals surface area contributed by atoms with Crippen LogP contribution in [0, 0.1) is 11.8 Å². The molecule has 1 aliphatic heterocycles. The summed E-state index contributed by atoms with van der Waals surface area (Å²) in [5.41, 5.74) is 0.350. The molecule has 0 aromatic heterocycles. The standard InChI is InChI=1S/C22H30N2O4/c1-23(9-10-28-2)12-16-11-17(15-25)14-24(13-16)22(27)21-19-6-4-3-5-18(19)7-8-20(21)26/h3-8,16-17,25-26H,9-15H2,1-2H3/t16-,17-/m1/s1. The molecule has 0 bridgehead atoms. The van der Waals surface area contributed by atoms with Gasteiger partial charge in [0.25, 0.3) is 5.91 Å². The Balaban J connectivity index is 1.81. The first kappa shape index (κ1) is 20.6. The zero-order valence-corrected chi connectivity index (χ0v) is 16.7. The van der Waals surface area contributed by atoms with E-state index in [1.165, 1.54) is 0 Å². The molecule has 0 saturated carbocycles. The smallest absolute Gasteiger partial charge is 0.258 e. The molecule has 28 heavy (non-hydrogen) atoms. The number of carbonyl (C=O) groups excluding carboxylic acids is 1. The van der Waals surface area contributed by atoms with Crippen molar-refractivity contribution in [3.63, 3.8) is 0 Å². The molecule has 2 atom stereocenters. The third-order valence-electron chi connectivity index (χ3n) is 5.54. The Morgan fingerprint density at radius 3 is 2.71 bits per heavy atom. The number of aromatic hydroxyl groups is 1. The second-order valence-electron chi connectivity index (χ2n) is 7.80. The van der Waals surface area contributed by atoms with Gasteiger partial charge in [0.2, 0.25) is 0 Å². The van der Waals surface area contributed by atoms with Gasteiger partial charge in [-0.1, -0.05) is 30.3 Å². The fourth-order valence-corrected chi connectivity index (χ4v) is 4.17. The summed E-state index contributed by atoms with van der Waals surface area (Å²) in [6, 6.07) is 11.0. The Hall–Kier alpha value is -2.15. The number of methoxy groups -OCH3 is 1. The minimum atomic E-state index is -0.169. The molecule has 2 aromatic carbocycles. The number of nitrogens with zero attached hydrogens (tertiary/aromatic N) is 2. The third-order valence-corrected chi connectivity index (χ3v) is 5.54. The van der Waals surface area contributed by atoms with E-state index in [1.54, 1.807) is 18.1 Å². The van der Waals surface area contributed by atoms with Crippen molar-refractivity contribution >= 4 is 16.7 Å². The number of rotatable bonds is 7. The highest BCUT2D eigenvalue weighted by Gasteiger charge is 2.32. The van der Waals surface area contributed by atoms with Crippen molar-refractivity contribution in [2.45, 2.75) is 6.42 Å². The molecule has 152 valence electrons. The number of phenols is 1. The molecule has 0 aliphatic carbocycles. The number of ether oxygens (including phenoxy) is 1. The van der Waals surface area contributed by atoms with Crippen molar-refractivity contribution < 1.29 is 19.7 Å². The zero-order valence-electron chi connectivity index (χ0n) is 16.7. The summed E-state index contributed by atoms with van der Waals surface area (Å²) in [5.74, 6) is 0.157. The number of fused-ring (bicyclic) bond motifs is 1. The zero-order chi connectivity index (χ0) is 20.1. The molecule has 1 fully saturated rings. The first-order valence-corrected chi connectivity index (χ1v) is 9.81. The summed E-state index contributed by atoms with van der Waals surface area (Å²) in [7, 11) is 3.73. The molecule has 0 spiro atoms. The molecule has 6 heteroatoms. The van der Waals surface area contributed by atoms with Gasteiger partial charge in [-0.25, -0.2) is 0 Å². The first-order chi connectivity index (χ1) is 13.5. The maximum Gasteiger partial charge on any atom is 0.258 e. The Kier molecular flexibility index (Phi) is 6.88. The van der Waals surface area contributed by atoms with Crippen LogP contribution in [0.1, 0.15) is 16.8 Å². The number of hydrogen-bond donors (Lipinski definition) is 2. The number of hydrogen-bond acceptors (Lipinski definition) is 5. The largest absolute Gasteiger partial charge is 0.507 e. The van der Waals surface area contributed by atoms with Crippen LogP contribution in [0.4, 0.5) is 0 Å². The second kappa shape index (κ2) is 9.37. The Labute approximate surface area is 166 Å². The van der Waals surface area contributed by atoms with Crippen molar-refractivity contribution in [2.75, 3.05) is 53.6 Å². The summed E-state index contributed by atoms with van der Waals surface area (Å²) in [4.78, 5) is 17.3. The van der Waals surface area contributed by atoms with E-state index in [-0.39, 0.29) is 30.1 Å². The lowest BCUT2D eigenvalue weighted by atomic mass is 9.88. The van der Waals surface area contributed by atoms with E-state index in [4.69, 9.17) is 4.74 Å². The molecular weight excluding hydrogens is 356 g/mol. The van der Waals surface area contributed by atoms with E-state index in [9.17, 15) is 15.0 Å². The van der Waals surface area contributed by atoms with Crippen LogP contribution in [0.2, 0.25) is 0 Å². The Morgan fingerprint density at radius 2 is 1.96 bits per heavy atom. The fraction of sp³-hybridized carbons (Fsp3) is 0.500. The predicted molar refractivity (Wildman–Crippen MR) is 110 cm³/mol. The van der Waals surface area contributed by atoms with E-state index in [0.29, 0.717) is 25.3 Å². The van der Waals surface area contributed by atoms with Gasteiger partial charge in [0, 0.05) is 39.9 Å². The Morgan fingerprint density at radius 1 is 1.21 bits per heavy atom. The second-order valence-corrected chi connectivity index (χ2v) is 7.80. The number of amides is 1. The van der Waals surface area contributed by atoms with E-state index in [0.717, 1.165) is 30.3 Å². The van der Waals surface area contributed by atoms with Crippen LogP contribution in [0.15, 0.2) is 36.4 Å². The summed E-state index contributed by atoms with van der Waals surface area (Å²) >= 11 is 0. The average Bonchev–Trinajstić information content (AvgIpc) is 2.71. The molecule has 1 saturated heterocycles. The molecule has 1 heterocycles. The summed E-state index contributed by atoms with van der Waals surface area (Å²) in [6.45, 7) is 3.52. The van der Waals surface area contributed by atoms with Gasteiger partial charge in [0.1, 0.15) is 5.75 Å². The highest BCUT2D eigenvalue weighted by molar-refractivity contribution is 6.09. The van der Waals surface area contributed by atoms with Gasteiger partial charge in [0.05, 0.1) is 12.2 Å². The molecule has 2 aromatic rings. The number of piperidine rings is 1. The number of aliphatic hydroxyl groups is 1. The van der Waals surface area contributed by atoms with E-state index >= 15 is 0 Å². The lowest BCUT2D eigenvalue weighted by Crippen LogP contribution is -2.47. The van der Waals surface area contributed by atoms with Gasteiger partial charge in [-0.3, -0.25) is 4.79 Å². The molecule has 0 radical (unpaired) electrons. The Bertz CT molecular complexity index is 810. The van der Waals surface area contributed by atoms with Crippen LogP contribution in [0.25, 0.3) is 10.8 Å². The quantitative estimate of drug-likeness (QED) is 0.763. The molecule has 1 aliphatic rings. The third kappa shape index (κ3) is 4.63. The van der Waals surface area contributed by atoms with Gasteiger partial charge in [-0.2, -0.15) is 0 Å². The van der Waals surface area contributed by atoms with Crippen molar-refractivity contribution in [1.29, 1.82) is 0 Å². The number of likely N-dealkylation sites (N-methyl/N-ethyl adjacent to an activating group) is 1. The molecule has 1 amide bonds. The normalized spacial score (nSPS) is 20.1. The SMILES string of the molecule is COCCN(C)C[C@H]1C[C@@H](CO)CN(C(=O)c2c(O)ccc3ccccc23)C1. The van der Waals surface area contributed by atoms with E-state index in [1.807, 2.05) is 37.4 Å². The van der Waals surface area contributed by atoms with Crippen LogP contribution in [0.3, 0.4) is 0 Å². The van der Waals surface area contributed by atoms with Crippen LogP contribution in [-0.2, 0) is 4.74 Å². The number of likely N-dealkylation sites (tertiary alicyclic amines) is 1. The minimum Gasteiger partial charge on any atom is -0.507 e. The van der Waals surface area contributed by atoms with Crippen molar-refractivity contribution in [2.24, 2.45) is 11.8 Å². The molecule has 3 rings (SSSR count). The van der Waals surface area contributed by atoms with Crippen molar-refractivity contribution in [3.8, 4) is 5.75 Å². The van der Waals surface area contributed by atoms with E-state index < -0.39 is 0 Å². The summed E-state index contributed by atoms with van der Waals surface area (Å²) in [5, 5.41) is 21.9. The van der Waals surface area contributed by atoms with E-state index in [2.05, 4.69) is 4.90 Å². The maximum atomic E-state index is 13.4. The number of aliphatic hydroxyl groups excluding tert-OH is 1. The van der Waals surface area contributed by atoms with Gasteiger partial charge in [-0.05, 0) is 42.1 Å². The lowest BCUT2D eigenvalue weighted by Gasteiger charge is -2.39. The highest BCUT2D eigenvalue weighted by Crippen LogP contribution is 2.31. The molecule has 6 nitrogen and oxygen atoms in total. The first-order valence-electron chi connectivity index (χ1n) is 9.81. The van der Waals surface area contributed by atoms with Gasteiger partial charge in [-0.15, -0.1) is 0 Å². The molecule has 2 N–H and O–H groups in total. The van der Waals surface area contributed by atoms with Crippen molar-refractivity contribution in [3.05, 3.63) is 42.0 Å². The van der Waals surface area contributed by atoms with Crippen molar-refractivity contribution in [1.82, 2.24) is 9.80 Å². The topological polar surface area (TPSA) is 73.2 Å². The molecular formula is C22H30N2O4. The maximum absolute atomic E-state index is 13.4. The summed E-state index contributed by atoms with van der Waals surface area (Å²) < 4.78 is 5.14. The number of carbonyl (C=O) groups is 1. The monoisotopic (exact) mass is 386 g/mol. The number of benzene rings is 2. The van der Waals surface area contributed by atoms with Gasteiger partial charge >= 0.3 is 0 Å². The van der Waals surface area contributed by atoms with Gasteiger partial charge in [0.15, 0.2) is 0 Å². The van der Waals surface area contributed by atoms with Crippen LogP contribution >= 0.6 is 0 Å².